The van der Waals surface area contributed by atoms with Crippen LogP contribution in [0, 0.1) is 5.75 Å². The molecule has 0 amide bonds. The molecule has 0 fully saturated rings. The Morgan fingerprint density at radius 3 is 2.55 bits per heavy atom. The Bertz CT molecular complexity index is 101. The van der Waals surface area contributed by atoms with Gasteiger partial charge in [0.2, 0.25) is 0 Å². The minimum Gasteiger partial charge on any atom is -0.158 e. The zero-order valence-corrected chi connectivity index (χ0v) is 8.71. The van der Waals surface area contributed by atoms with Gasteiger partial charge < -0.3 is 0 Å². The minimum absolute atomic E-state index is 1.26. The third kappa shape index (κ3) is 10.1. The maximum atomic E-state index is 2.32. The molecule has 0 heterocycles. The van der Waals surface area contributed by atoms with Gasteiger partial charge in [0.1, 0.15) is 0 Å². The number of hydrogen-bond donors (Lipinski definition) is 0. The summed E-state index contributed by atoms with van der Waals surface area (Å²) in [6, 6.07) is 0. The van der Waals surface area contributed by atoms with E-state index in [-0.39, 0.29) is 0 Å². The van der Waals surface area contributed by atoms with Crippen LogP contribution in [0.5, 0.6) is 0 Å². The van der Waals surface area contributed by atoms with E-state index in [0.29, 0.717) is 0 Å². The van der Waals surface area contributed by atoms with Crippen molar-refractivity contribution in [3.63, 3.8) is 0 Å². The Morgan fingerprint density at radius 2 is 2.00 bits per heavy atom. The molecule has 0 unspecified atom stereocenters. The maximum absolute atomic E-state index is 2.32. The number of rotatable bonds is 6. The molecule has 0 aliphatic heterocycles. The van der Waals surface area contributed by atoms with Crippen LogP contribution in [0.15, 0.2) is 11.6 Å². The third-order valence-electron chi connectivity index (χ3n) is 1.44. The summed E-state index contributed by atoms with van der Waals surface area (Å²) in [4.78, 5) is 0. The van der Waals surface area contributed by atoms with Crippen LogP contribution >= 0.6 is 11.8 Å². The second kappa shape index (κ2) is 8.19. The van der Waals surface area contributed by atoms with E-state index >= 15 is 0 Å². The Balaban J connectivity index is 2.97. The summed E-state index contributed by atoms with van der Waals surface area (Å²) in [5, 5.41) is 0. The zero-order valence-electron chi connectivity index (χ0n) is 7.89. The highest BCUT2D eigenvalue weighted by Crippen LogP contribution is 2.09. The van der Waals surface area contributed by atoms with E-state index in [9.17, 15) is 0 Å². The number of hydrogen-bond acceptors (Lipinski definition) is 1. The smallest absolute Gasteiger partial charge is 0.0135 e. The molecular formula is C10H19S. The lowest BCUT2D eigenvalue weighted by atomic mass is 10.2. The first-order valence-electron chi connectivity index (χ1n) is 4.30. The SMILES string of the molecule is C[CH]SCCCCC=C(C)C. The number of thioether (sulfide) groups is 1. The molecule has 0 saturated carbocycles. The molecule has 0 N–H and O–H groups in total. The normalized spacial score (nSPS) is 9.73. The van der Waals surface area contributed by atoms with E-state index in [1.54, 1.807) is 0 Å². The molecule has 0 saturated heterocycles. The summed E-state index contributed by atoms with van der Waals surface area (Å²) in [5.74, 6) is 3.45. The summed E-state index contributed by atoms with van der Waals surface area (Å²) in [6.45, 7) is 6.42. The lowest BCUT2D eigenvalue weighted by Gasteiger charge is -1.96. The average Bonchev–Trinajstić information content (AvgIpc) is 1.96. The van der Waals surface area contributed by atoms with Gasteiger partial charge in [0.15, 0.2) is 0 Å². The molecule has 0 aliphatic carbocycles. The van der Waals surface area contributed by atoms with Gasteiger partial charge in [0, 0.05) is 5.75 Å². The number of unbranched alkanes of at least 4 members (excludes halogenated alkanes) is 2. The van der Waals surface area contributed by atoms with Crippen molar-refractivity contribution in [1.29, 1.82) is 0 Å². The van der Waals surface area contributed by atoms with Crippen LogP contribution in [0.2, 0.25) is 0 Å². The molecular weight excluding hydrogens is 152 g/mol. The largest absolute Gasteiger partial charge is 0.158 e. The third-order valence-corrected chi connectivity index (χ3v) is 2.29. The second-order valence-electron chi connectivity index (χ2n) is 2.88. The summed E-state index contributed by atoms with van der Waals surface area (Å²) in [7, 11) is 0. The van der Waals surface area contributed by atoms with Gasteiger partial charge in [-0.05, 0) is 38.9 Å². The molecule has 11 heavy (non-hydrogen) atoms. The van der Waals surface area contributed by atoms with Gasteiger partial charge >= 0.3 is 0 Å². The fourth-order valence-electron chi connectivity index (χ4n) is 0.838. The molecule has 0 aromatic rings. The van der Waals surface area contributed by atoms with E-state index in [2.05, 4.69) is 32.6 Å². The van der Waals surface area contributed by atoms with Crippen molar-refractivity contribution in [3.05, 3.63) is 17.4 Å². The zero-order chi connectivity index (χ0) is 8.53. The standard InChI is InChI=1S/C10H19S/c1-4-11-9-7-5-6-8-10(2)3/h4,8H,5-7,9H2,1-3H3. The van der Waals surface area contributed by atoms with E-state index in [0.717, 1.165) is 0 Å². The van der Waals surface area contributed by atoms with Crippen LogP contribution in [0.4, 0.5) is 0 Å². The highest BCUT2D eigenvalue weighted by Gasteiger charge is 1.86. The highest BCUT2D eigenvalue weighted by molar-refractivity contribution is 8.01. The first kappa shape index (κ1) is 11.1. The van der Waals surface area contributed by atoms with Crippen molar-refractivity contribution in [2.45, 2.75) is 40.0 Å². The van der Waals surface area contributed by atoms with Crippen molar-refractivity contribution < 1.29 is 0 Å². The van der Waals surface area contributed by atoms with Gasteiger partial charge in [-0.3, -0.25) is 0 Å². The molecule has 0 atom stereocenters. The Kier molecular flexibility index (Phi) is 8.26. The number of allylic oxidation sites excluding steroid dienone is 2. The molecule has 0 nitrogen and oxygen atoms in total. The van der Waals surface area contributed by atoms with E-state index in [1.807, 2.05) is 11.8 Å². The monoisotopic (exact) mass is 171 g/mol. The van der Waals surface area contributed by atoms with E-state index in [1.165, 1.54) is 30.6 Å². The molecule has 1 radical (unpaired) electrons. The topological polar surface area (TPSA) is 0 Å². The van der Waals surface area contributed by atoms with Crippen molar-refractivity contribution in [2.24, 2.45) is 0 Å². The first-order valence-corrected chi connectivity index (χ1v) is 5.35. The molecule has 0 aromatic heterocycles. The molecule has 0 aliphatic rings. The fraction of sp³-hybridized carbons (Fsp3) is 0.700. The first-order chi connectivity index (χ1) is 5.27. The Hall–Kier alpha value is 0.0900. The van der Waals surface area contributed by atoms with E-state index < -0.39 is 0 Å². The Morgan fingerprint density at radius 1 is 1.27 bits per heavy atom. The molecule has 0 rings (SSSR count). The molecule has 0 spiro atoms. The van der Waals surface area contributed by atoms with Gasteiger partial charge in [0.25, 0.3) is 0 Å². The predicted octanol–water partition coefficient (Wildman–Crippen LogP) is 4.04. The van der Waals surface area contributed by atoms with Crippen molar-refractivity contribution in [2.75, 3.05) is 5.75 Å². The molecule has 65 valence electrons. The quantitative estimate of drug-likeness (QED) is 0.429. The van der Waals surface area contributed by atoms with Crippen LogP contribution in [-0.2, 0) is 0 Å². The van der Waals surface area contributed by atoms with Gasteiger partial charge in [-0.2, -0.15) is 11.8 Å². The minimum atomic E-state index is 1.26. The molecule has 0 aromatic carbocycles. The maximum Gasteiger partial charge on any atom is 0.0135 e. The fourth-order valence-corrected chi connectivity index (χ4v) is 1.44. The molecule has 0 bridgehead atoms. The van der Waals surface area contributed by atoms with Crippen molar-refractivity contribution >= 4 is 11.8 Å². The van der Waals surface area contributed by atoms with Gasteiger partial charge in [-0.1, -0.05) is 18.6 Å². The summed E-state index contributed by atoms with van der Waals surface area (Å²) < 4.78 is 0. The molecule has 1 heteroatoms. The van der Waals surface area contributed by atoms with Gasteiger partial charge in [-0.25, -0.2) is 0 Å². The second-order valence-corrected chi connectivity index (χ2v) is 4.10. The lowest BCUT2D eigenvalue weighted by Crippen LogP contribution is -1.78. The van der Waals surface area contributed by atoms with E-state index in [4.69, 9.17) is 0 Å². The van der Waals surface area contributed by atoms with Crippen LogP contribution in [0.1, 0.15) is 40.0 Å². The summed E-state index contributed by atoms with van der Waals surface area (Å²) in [6.07, 6.45) is 6.26. The van der Waals surface area contributed by atoms with Crippen LogP contribution in [-0.4, -0.2) is 5.75 Å². The highest BCUT2D eigenvalue weighted by atomic mass is 32.2. The lowest BCUT2D eigenvalue weighted by molar-refractivity contribution is 0.819. The van der Waals surface area contributed by atoms with Crippen molar-refractivity contribution in [3.8, 4) is 0 Å². The summed E-state index contributed by atoms with van der Waals surface area (Å²) >= 11 is 1.92. The predicted molar refractivity (Wildman–Crippen MR) is 55.7 cm³/mol. The van der Waals surface area contributed by atoms with Gasteiger partial charge in [-0.15, -0.1) is 0 Å². The average molecular weight is 171 g/mol. The summed E-state index contributed by atoms with van der Waals surface area (Å²) in [5.41, 5.74) is 1.44. The van der Waals surface area contributed by atoms with Crippen LogP contribution in [0.3, 0.4) is 0 Å². The Labute approximate surface area is 75.5 Å². The van der Waals surface area contributed by atoms with Gasteiger partial charge in [0.05, 0.1) is 0 Å². The van der Waals surface area contributed by atoms with Crippen LogP contribution in [0.25, 0.3) is 0 Å². The van der Waals surface area contributed by atoms with Crippen molar-refractivity contribution in [1.82, 2.24) is 0 Å². The van der Waals surface area contributed by atoms with Crippen LogP contribution < -0.4 is 0 Å².